The van der Waals surface area contributed by atoms with Gasteiger partial charge in [-0.15, -0.1) is 0 Å². The summed E-state index contributed by atoms with van der Waals surface area (Å²) in [5, 5.41) is 0. The molecule has 82 valence electrons. The predicted molar refractivity (Wildman–Crippen MR) is 62.0 cm³/mol. The lowest BCUT2D eigenvalue weighted by molar-refractivity contribution is 0.713. The Morgan fingerprint density at radius 1 is 1.06 bits per heavy atom. The average Bonchev–Trinajstić information content (AvgIpc) is 2.28. The minimum Gasteiger partial charge on any atom is -0.269 e. The van der Waals surface area contributed by atoms with Crippen LogP contribution in [0.2, 0.25) is 0 Å². The summed E-state index contributed by atoms with van der Waals surface area (Å²) in [5.74, 6) is 0. The summed E-state index contributed by atoms with van der Waals surface area (Å²) in [7, 11) is 1.48. The second-order valence-corrected chi connectivity index (χ2v) is 3.64. The fourth-order valence-corrected chi connectivity index (χ4v) is 1.63. The van der Waals surface area contributed by atoms with Crippen LogP contribution in [-0.2, 0) is 7.05 Å². The molecule has 0 aliphatic heterocycles. The molecule has 1 aromatic carbocycles. The molecule has 0 saturated heterocycles. The monoisotopic (exact) mass is 216 g/mol. The molecule has 0 aliphatic carbocycles. The third-order valence-corrected chi connectivity index (χ3v) is 2.51. The van der Waals surface area contributed by atoms with Crippen LogP contribution in [0.1, 0.15) is 5.69 Å². The van der Waals surface area contributed by atoms with E-state index in [0.717, 1.165) is 10.3 Å². The number of rotatable bonds is 1. The van der Waals surface area contributed by atoms with Crippen molar-refractivity contribution in [3.05, 3.63) is 62.9 Å². The van der Waals surface area contributed by atoms with Crippen LogP contribution in [0, 0.1) is 6.92 Å². The standard InChI is InChI=1S/C12H12N2O2/c1-9-8-11(15)13(2)12(16)14(9)10-6-4-3-5-7-10/h3-8H,1-2H3. The third kappa shape index (κ3) is 1.58. The largest absolute Gasteiger partial charge is 0.335 e. The summed E-state index contributed by atoms with van der Waals surface area (Å²) in [6.45, 7) is 1.75. The summed E-state index contributed by atoms with van der Waals surface area (Å²) < 4.78 is 2.61. The molecule has 0 atom stereocenters. The zero-order valence-corrected chi connectivity index (χ0v) is 9.18. The zero-order valence-electron chi connectivity index (χ0n) is 9.18. The molecule has 0 radical (unpaired) electrons. The molecule has 4 nitrogen and oxygen atoms in total. The van der Waals surface area contributed by atoms with Crippen LogP contribution in [0.15, 0.2) is 46.0 Å². The van der Waals surface area contributed by atoms with Gasteiger partial charge in [0, 0.05) is 18.8 Å². The highest BCUT2D eigenvalue weighted by Crippen LogP contribution is 2.05. The van der Waals surface area contributed by atoms with E-state index in [4.69, 9.17) is 0 Å². The summed E-state index contributed by atoms with van der Waals surface area (Å²) >= 11 is 0. The van der Waals surface area contributed by atoms with E-state index in [0.29, 0.717) is 5.69 Å². The molecular weight excluding hydrogens is 204 g/mol. The van der Waals surface area contributed by atoms with Gasteiger partial charge in [-0.1, -0.05) is 18.2 Å². The number of para-hydroxylation sites is 1. The number of nitrogens with zero attached hydrogens (tertiary/aromatic N) is 2. The molecule has 1 aromatic heterocycles. The Kier molecular flexibility index (Phi) is 2.48. The normalized spacial score (nSPS) is 10.4. The van der Waals surface area contributed by atoms with Gasteiger partial charge in [0.25, 0.3) is 5.56 Å². The predicted octanol–water partition coefficient (Wildman–Crippen LogP) is 0.845. The Hall–Kier alpha value is -2.10. The molecule has 16 heavy (non-hydrogen) atoms. The van der Waals surface area contributed by atoms with Gasteiger partial charge < -0.3 is 0 Å². The molecule has 0 amide bonds. The molecule has 4 heteroatoms. The molecular formula is C12H12N2O2. The van der Waals surface area contributed by atoms with E-state index in [2.05, 4.69) is 0 Å². The van der Waals surface area contributed by atoms with Crippen LogP contribution in [0.3, 0.4) is 0 Å². The van der Waals surface area contributed by atoms with Crippen molar-refractivity contribution in [1.29, 1.82) is 0 Å². The van der Waals surface area contributed by atoms with E-state index in [1.165, 1.54) is 17.7 Å². The molecule has 0 saturated carbocycles. The van der Waals surface area contributed by atoms with Gasteiger partial charge in [0.1, 0.15) is 0 Å². The van der Waals surface area contributed by atoms with E-state index in [1.807, 2.05) is 30.3 Å². The number of benzene rings is 1. The highest BCUT2D eigenvalue weighted by atomic mass is 16.2. The molecule has 2 rings (SSSR count). The summed E-state index contributed by atoms with van der Waals surface area (Å²) in [5.41, 5.74) is 0.797. The van der Waals surface area contributed by atoms with Gasteiger partial charge in [0.15, 0.2) is 0 Å². The molecule has 0 fully saturated rings. The Labute approximate surface area is 92.4 Å². The maximum Gasteiger partial charge on any atom is 0.335 e. The Morgan fingerprint density at radius 3 is 2.31 bits per heavy atom. The lowest BCUT2D eigenvalue weighted by Crippen LogP contribution is -2.37. The summed E-state index contributed by atoms with van der Waals surface area (Å²) in [4.78, 5) is 23.3. The van der Waals surface area contributed by atoms with Gasteiger partial charge >= 0.3 is 5.69 Å². The van der Waals surface area contributed by atoms with Crippen LogP contribution in [-0.4, -0.2) is 9.13 Å². The molecule has 0 bridgehead atoms. The first kappa shape index (κ1) is 10.4. The van der Waals surface area contributed by atoms with Crippen molar-refractivity contribution in [2.75, 3.05) is 0 Å². The first-order valence-corrected chi connectivity index (χ1v) is 4.96. The SMILES string of the molecule is Cc1cc(=O)n(C)c(=O)n1-c1ccccc1. The topological polar surface area (TPSA) is 44.0 Å². The first-order valence-electron chi connectivity index (χ1n) is 4.96. The van der Waals surface area contributed by atoms with E-state index < -0.39 is 0 Å². The number of hydrogen-bond acceptors (Lipinski definition) is 2. The minimum absolute atomic E-state index is 0.283. The van der Waals surface area contributed by atoms with Crippen LogP contribution in [0.25, 0.3) is 5.69 Å². The van der Waals surface area contributed by atoms with Gasteiger partial charge in [0.2, 0.25) is 0 Å². The molecule has 0 spiro atoms. The minimum atomic E-state index is -0.323. The van der Waals surface area contributed by atoms with Crippen molar-refractivity contribution in [3.8, 4) is 5.69 Å². The van der Waals surface area contributed by atoms with Crippen molar-refractivity contribution >= 4 is 0 Å². The lowest BCUT2D eigenvalue weighted by Gasteiger charge is -2.10. The molecule has 0 aliphatic rings. The van der Waals surface area contributed by atoms with Crippen molar-refractivity contribution in [3.63, 3.8) is 0 Å². The number of aromatic nitrogens is 2. The smallest absolute Gasteiger partial charge is 0.269 e. The van der Waals surface area contributed by atoms with Gasteiger partial charge in [0.05, 0.1) is 5.69 Å². The number of aryl methyl sites for hydroxylation is 1. The average molecular weight is 216 g/mol. The van der Waals surface area contributed by atoms with Crippen molar-refractivity contribution in [1.82, 2.24) is 9.13 Å². The van der Waals surface area contributed by atoms with Gasteiger partial charge in [-0.3, -0.25) is 13.9 Å². The first-order chi connectivity index (χ1) is 7.61. The fourth-order valence-electron chi connectivity index (χ4n) is 1.63. The molecule has 0 N–H and O–H groups in total. The second-order valence-electron chi connectivity index (χ2n) is 3.64. The Bertz CT molecular complexity index is 624. The van der Waals surface area contributed by atoms with E-state index >= 15 is 0 Å². The fraction of sp³-hybridized carbons (Fsp3) is 0.167. The third-order valence-electron chi connectivity index (χ3n) is 2.51. The highest BCUT2D eigenvalue weighted by molar-refractivity contribution is 5.32. The van der Waals surface area contributed by atoms with Gasteiger partial charge in [-0.05, 0) is 19.1 Å². The van der Waals surface area contributed by atoms with E-state index in [1.54, 1.807) is 6.92 Å². The van der Waals surface area contributed by atoms with Gasteiger partial charge in [-0.2, -0.15) is 0 Å². The highest BCUT2D eigenvalue weighted by Gasteiger charge is 2.06. The summed E-state index contributed by atoms with van der Waals surface area (Å²) in [6.07, 6.45) is 0. The second kappa shape index (κ2) is 3.81. The van der Waals surface area contributed by atoms with Crippen LogP contribution >= 0.6 is 0 Å². The Morgan fingerprint density at radius 2 is 1.69 bits per heavy atom. The maximum absolute atomic E-state index is 11.9. The van der Waals surface area contributed by atoms with Crippen molar-refractivity contribution in [2.24, 2.45) is 7.05 Å². The van der Waals surface area contributed by atoms with Crippen molar-refractivity contribution in [2.45, 2.75) is 6.92 Å². The summed E-state index contributed by atoms with van der Waals surface area (Å²) in [6, 6.07) is 10.7. The van der Waals surface area contributed by atoms with Crippen LogP contribution in [0.5, 0.6) is 0 Å². The van der Waals surface area contributed by atoms with Crippen LogP contribution in [0.4, 0.5) is 0 Å². The lowest BCUT2D eigenvalue weighted by atomic mass is 10.3. The van der Waals surface area contributed by atoms with E-state index in [-0.39, 0.29) is 11.2 Å². The zero-order chi connectivity index (χ0) is 11.7. The van der Waals surface area contributed by atoms with Crippen molar-refractivity contribution < 1.29 is 0 Å². The van der Waals surface area contributed by atoms with Crippen LogP contribution < -0.4 is 11.2 Å². The molecule has 1 heterocycles. The Balaban J connectivity index is 2.82. The van der Waals surface area contributed by atoms with Gasteiger partial charge in [-0.25, -0.2) is 4.79 Å². The molecule has 2 aromatic rings. The molecule has 0 unspecified atom stereocenters. The van der Waals surface area contributed by atoms with E-state index in [9.17, 15) is 9.59 Å². The number of hydrogen-bond donors (Lipinski definition) is 0. The quantitative estimate of drug-likeness (QED) is 0.709. The maximum atomic E-state index is 11.9.